The van der Waals surface area contributed by atoms with Crippen molar-refractivity contribution in [2.45, 2.75) is 26.7 Å². The summed E-state index contributed by atoms with van der Waals surface area (Å²) in [6, 6.07) is 4.41. The lowest BCUT2D eigenvalue weighted by molar-refractivity contribution is -0.168. The molecule has 1 unspecified atom stereocenters. The van der Waals surface area contributed by atoms with Gasteiger partial charge in [-0.05, 0) is 25.0 Å². The fraction of sp³-hybridized carbons (Fsp3) is 0.467. The molecule has 0 amide bonds. The number of hydrogen-bond acceptors (Lipinski definition) is 4. The molecular formula is C15H19FO5. The summed E-state index contributed by atoms with van der Waals surface area (Å²) in [6.45, 7) is 3.21. The van der Waals surface area contributed by atoms with Gasteiger partial charge in [0.05, 0.1) is 13.7 Å². The Morgan fingerprint density at radius 3 is 2.48 bits per heavy atom. The molecule has 0 fully saturated rings. The number of aliphatic carboxylic acids is 1. The fourth-order valence-corrected chi connectivity index (χ4v) is 2.10. The van der Waals surface area contributed by atoms with Crippen molar-refractivity contribution in [3.8, 4) is 5.75 Å². The van der Waals surface area contributed by atoms with Crippen molar-refractivity contribution in [3.05, 3.63) is 29.6 Å². The Balaban J connectivity index is 3.24. The Morgan fingerprint density at radius 1 is 1.33 bits per heavy atom. The van der Waals surface area contributed by atoms with Crippen LogP contribution in [-0.4, -0.2) is 30.8 Å². The summed E-state index contributed by atoms with van der Waals surface area (Å²) in [5, 5.41) is 9.44. The molecule has 6 heteroatoms. The van der Waals surface area contributed by atoms with E-state index < -0.39 is 23.2 Å². The summed E-state index contributed by atoms with van der Waals surface area (Å²) in [7, 11) is 1.32. The van der Waals surface area contributed by atoms with Gasteiger partial charge in [0.2, 0.25) is 0 Å². The Labute approximate surface area is 122 Å². The highest BCUT2D eigenvalue weighted by atomic mass is 19.1. The van der Waals surface area contributed by atoms with E-state index in [-0.39, 0.29) is 30.8 Å². The third-order valence-corrected chi connectivity index (χ3v) is 3.43. The van der Waals surface area contributed by atoms with Gasteiger partial charge in [-0.15, -0.1) is 0 Å². The number of carboxylic acid groups (broad SMARTS) is 1. The molecule has 0 radical (unpaired) electrons. The van der Waals surface area contributed by atoms with Crippen LogP contribution < -0.4 is 4.74 Å². The number of carboxylic acids is 1. The fourth-order valence-electron chi connectivity index (χ4n) is 2.10. The first-order chi connectivity index (χ1) is 9.92. The maximum absolute atomic E-state index is 14.2. The van der Waals surface area contributed by atoms with Crippen LogP contribution in [0.3, 0.4) is 0 Å². The molecule has 1 N–H and O–H groups in total. The van der Waals surface area contributed by atoms with Crippen molar-refractivity contribution in [2.75, 3.05) is 13.7 Å². The Bertz CT molecular complexity index is 529. The highest BCUT2D eigenvalue weighted by molar-refractivity contribution is 5.99. The lowest BCUT2D eigenvalue weighted by Crippen LogP contribution is -2.42. The first kappa shape index (κ1) is 16.9. The van der Waals surface area contributed by atoms with E-state index in [9.17, 15) is 19.1 Å². The van der Waals surface area contributed by atoms with Crippen molar-refractivity contribution < 1.29 is 28.6 Å². The molecule has 116 valence electrons. The van der Waals surface area contributed by atoms with Crippen molar-refractivity contribution >= 4 is 11.9 Å². The second kappa shape index (κ2) is 7.06. The topological polar surface area (TPSA) is 72.8 Å². The molecule has 21 heavy (non-hydrogen) atoms. The van der Waals surface area contributed by atoms with Crippen molar-refractivity contribution in [2.24, 2.45) is 5.41 Å². The smallest absolute Gasteiger partial charge is 0.323 e. The zero-order valence-electron chi connectivity index (χ0n) is 12.3. The molecule has 0 aliphatic heterocycles. The summed E-state index contributed by atoms with van der Waals surface area (Å²) >= 11 is 0. The van der Waals surface area contributed by atoms with E-state index in [1.54, 1.807) is 19.9 Å². The minimum atomic E-state index is -1.80. The van der Waals surface area contributed by atoms with Gasteiger partial charge in [-0.3, -0.25) is 9.59 Å². The van der Waals surface area contributed by atoms with Crippen LogP contribution >= 0.6 is 0 Å². The van der Waals surface area contributed by atoms with Crippen molar-refractivity contribution in [1.29, 1.82) is 0 Å². The maximum atomic E-state index is 14.2. The monoisotopic (exact) mass is 298 g/mol. The number of benzene rings is 1. The average Bonchev–Trinajstić information content (AvgIpc) is 2.46. The van der Waals surface area contributed by atoms with Crippen LogP contribution in [-0.2, 0) is 20.7 Å². The first-order valence-corrected chi connectivity index (χ1v) is 6.64. The molecule has 1 aromatic carbocycles. The van der Waals surface area contributed by atoms with Gasteiger partial charge in [0.25, 0.3) is 0 Å². The SMILES string of the molecule is CCOC(=O)C(CC)(Cc1cccc(OC)c1F)C(=O)O. The third-order valence-electron chi connectivity index (χ3n) is 3.43. The summed E-state index contributed by atoms with van der Waals surface area (Å²) in [5.41, 5.74) is -1.70. The van der Waals surface area contributed by atoms with E-state index in [0.29, 0.717) is 0 Å². The standard InChI is InChI=1S/C15H19FO5/c1-4-15(13(17)18,14(19)21-5-2)9-10-7-6-8-11(20-3)12(10)16/h6-8H,4-5,9H2,1-3H3,(H,17,18). The van der Waals surface area contributed by atoms with Crippen LogP contribution in [0.25, 0.3) is 0 Å². The molecule has 0 heterocycles. The number of rotatable bonds is 7. The molecular weight excluding hydrogens is 279 g/mol. The predicted octanol–water partition coefficient (Wildman–Crippen LogP) is 2.42. The van der Waals surface area contributed by atoms with E-state index in [0.717, 1.165) is 0 Å². The van der Waals surface area contributed by atoms with Crippen LogP contribution in [0.2, 0.25) is 0 Å². The normalized spacial score (nSPS) is 13.3. The van der Waals surface area contributed by atoms with Gasteiger partial charge in [0.1, 0.15) is 0 Å². The van der Waals surface area contributed by atoms with Gasteiger partial charge in [-0.1, -0.05) is 19.1 Å². The maximum Gasteiger partial charge on any atom is 0.323 e. The number of carbonyl (C=O) groups is 2. The first-order valence-electron chi connectivity index (χ1n) is 6.64. The average molecular weight is 298 g/mol. The Morgan fingerprint density at radius 2 is 2.00 bits per heavy atom. The Hall–Kier alpha value is -2.11. The van der Waals surface area contributed by atoms with Gasteiger partial charge in [0.15, 0.2) is 17.0 Å². The van der Waals surface area contributed by atoms with Crippen LogP contribution in [0.1, 0.15) is 25.8 Å². The molecule has 1 rings (SSSR count). The van der Waals surface area contributed by atoms with Crippen molar-refractivity contribution in [1.82, 2.24) is 0 Å². The Kier molecular flexibility index (Phi) is 5.69. The van der Waals surface area contributed by atoms with Gasteiger partial charge < -0.3 is 14.6 Å². The second-order valence-corrected chi connectivity index (χ2v) is 4.57. The molecule has 1 aromatic rings. The lowest BCUT2D eigenvalue weighted by atomic mass is 9.79. The molecule has 0 aromatic heterocycles. The minimum Gasteiger partial charge on any atom is -0.494 e. The number of hydrogen-bond donors (Lipinski definition) is 1. The molecule has 5 nitrogen and oxygen atoms in total. The minimum absolute atomic E-state index is 0.00217. The van der Waals surface area contributed by atoms with E-state index in [1.807, 2.05) is 0 Å². The zero-order chi connectivity index (χ0) is 16.0. The summed E-state index contributed by atoms with van der Waals surface area (Å²) in [5.74, 6) is -2.84. The van der Waals surface area contributed by atoms with Crippen LogP contribution in [0, 0.1) is 11.2 Å². The highest BCUT2D eigenvalue weighted by Crippen LogP contribution is 2.32. The molecule has 0 aliphatic rings. The zero-order valence-corrected chi connectivity index (χ0v) is 12.3. The van der Waals surface area contributed by atoms with Gasteiger partial charge >= 0.3 is 11.9 Å². The molecule has 0 bridgehead atoms. The van der Waals surface area contributed by atoms with Crippen LogP contribution in [0.4, 0.5) is 4.39 Å². The number of ether oxygens (including phenoxy) is 2. The largest absolute Gasteiger partial charge is 0.494 e. The third kappa shape index (κ3) is 3.32. The van der Waals surface area contributed by atoms with E-state index in [1.165, 1.54) is 19.2 Å². The quantitative estimate of drug-likeness (QED) is 0.618. The molecule has 1 atom stereocenters. The van der Waals surface area contributed by atoms with E-state index in [2.05, 4.69) is 0 Å². The van der Waals surface area contributed by atoms with Gasteiger partial charge in [0, 0.05) is 6.42 Å². The molecule has 0 spiro atoms. The van der Waals surface area contributed by atoms with Crippen LogP contribution in [0.5, 0.6) is 5.75 Å². The van der Waals surface area contributed by atoms with Gasteiger partial charge in [-0.25, -0.2) is 4.39 Å². The number of halogens is 1. The number of methoxy groups -OCH3 is 1. The lowest BCUT2D eigenvalue weighted by Gasteiger charge is -2.26. The van der Waals surface area contributed by atoms with E-state index >= 15 is 0 Å². The van der Waals surface area contributed by atoms with Crippen molar-refractivity contribution in [3.63, 3.8) is 0 Å². The summed E-state index contributed by atoms with van der Waals surface area (Å²) in [6.07, 6.45) is -0.293. The molecule has 0 saturated carbocycles. The predicted molar refractivity (Wildman–Crippen MR) is 73.6 cm³/mol. The molecule has 0 saturated heterocycles. The summed E-state index contributed by atoms with van der Waals surface area (Å²) in [4.78, 5) is 23.6. The highest BCUT2D eigenvalue weighted by Gasteiger charge is 2.46. The second-order valence-electron chi connectivity index (χ2n) is 4.57. The van der Waals surface area contributed by atoms with Gasteiger partial charge in [-0.2, -0.15) is 0 Å². The molecule has 0 aliphatic carbocycles. The van der Waals surface area contributed by atoms with Crippen LogP contribution in [0.15, 0.2) is 18.2 Å². The summed E-state index contributed by atoms with van der Waals surface area (Å²) < 4.78 is 23.9. The van der Waals surface area contributed by atoms with E-state index in [4.69, 9.17) is 9.47 Å². The number of carbonyl (C=O) groups excluding carboxylic acids is 1. The number of esters is 1.